The molecule has 1 aromatic carbocycles. The second kappa shape index (κ2) is 5.61. The molecule has 104 valence electrons. The van der Waals surface area contributed by atoms with E-state index in [0.29, 0.717) is 17.7 Å². The highest BCUT2D eigenvalue weighted by Gasteiger charge is 2.27. The van der Waals surface area contributed by atoms with Crippen molar-refractivity contribution in [3.63, 3.8) is 0 Å². The maximum absolute atomic E-state index is 12.2. The number of hydrogen-bond acceptors (Lipinski definition) is 3. The van der Waals surface area contributed by atoms with Crippen LogP contribution >= 0.6 is 0 Å². The Bertz CT molecular complexity index is 465. The average Bonchev–Trinajstić information content (AvgIpc) is 2.40. The largest absolute Gasteiger partial charge is 0.508 e. The standard InChI is InChI=1S/C15H22N2O2/c1-11-12(5-3-6-13(11)18)14(19)17-10-15(2)7-4-8-16-9-15/h3,5-6,16,18H,4,7-10H2,1-2H3,(H,17,19). The summed E-state index contributed by atoms with van der Waals surface area (Å²) in [6.45, 7) is 6.61. The molecule has 1 fully saturated rings. The van der Waals surface area contributed by atoms with E-state index >= 15 is 0 Å². The molecule has 0 saturated carbocycles. The highest BCUT2D eigenvalue weighted by molar-refractivity contribution is 5.96. The third-order valence-electron chi connectivity index (χ3n) is 3.91. The fraction of sp³-hybridized carbons (Fsp3) is 0.533. The Morgan fingerprint density at radius 2 is 2.32 bits per heavy atom. The van der Waals surface area contributed by atoms with Crippen LogP contribution < -0.4 is 10.6 Å². The van der Waals surface area contributed by atoms with E-state index in [1.165, 1.54) is 0 Å². The van der Waals surface area contributed by atoms with E-state index in [1.54, 1.807) is 25.1 Å². The quantitative estimate of drug-likeness (QED) is 0.778. The van der Waals surface area contributed by atoms with E-state index in [2.05, 4.69) is 17.6 Å². The number of aromatic hydroxyl groups is 1. The molecule has 0 radical (unpaired) electrons. The zero-order chi connectivity index (χ0) is 13.9. The van der Waals surface area contributed by atoms with Crippen LogP contribution in [0.3, 0.4) is 0 Å². The third-order valence-corrected chi connectivity index (χ3v) is 3.91. The lowest BCUT2D eigenvalue weighted by atomic mass is 9.83. The predicted octanol–water partition coefficient (Wildman–Crippen LogP) is 1.82. The summed E-state index contributed by atoms with van der Waals surface area (Å²) in [6.07, 6.45) is 2.27. The first-order valence-corrected chi connectivity index (χ1v) is 6.79. The molecule has 4 nitrogen and oxygen atoms in total. The summed E-state index contributed by atoms with van der Waals surface area (Å²) < 4.78 is 0. The molecule has 3 N–H and O–H groups in total. The Hall–Kier alpha value is -1.55. The summed E-state index contributed by atoms with van der Waals surface area (Å²) >= 11 is 0. The Balaban J connectivity index is 1.99. The van der Waals surface area contributed by atoms with Crippen molar-refractivity contribution in [1.82, 2.24) is 10.6 Å². The van der Waals surface area contributed by atoms with Gasteiger partial charge in [-0.1, -0.05) is 13.0 Å². The van der Waals surface area contributed by atoms with Crippen LogP contribution in [0.2, 0.25) is 0 Å². The summed E-state index contributed by atoms with van der Waals surface area (Å²) in [4.78, 5) is 12.2. The van der Waals surface area contributed by atoms with Crippen LogP contribution in [0.15, 0.2) is 18.2 Å². The smallest absolute Gasteiger partial charge is 0.251 e. The molecule has 1 aliphatic rings. The fourth-order valence-corrected chi connectivity index (χ4v) is 2.53. The van der Waals surface area contributed by atoms with E-state index in [0.717, 1.165) is 25.9 Å². The number of rotatable bonds is 3. The van der Waals surface area contributed by atoms with Crippen molar-refractivity contribution < 1.29 is 9.90 Å². The first-order chi connectivity index (χ1) is 9.02. The van der Waals surface area contributed by atoms with Crippen LogP contribution in [0.1, 0.15) is 35.7 Å². The number of piperidine rings is 1. The number of amides is 1. The van der Waals surface area contributed by atoms with E-state index in [-0.39, 0.29) is 17.1 Å². The van der Waals surface area contributed by atoms with Gasteiger partial charge in [0.1, 0.15) is 5.75 Å². The SMILES string of the molecule is Cc1c(O)cccc1C(=O)NCC1(C)CCCNC1. The molecule has 1 amide bonds. The molecule has 19 heavy (non-hydrogen) atoms. The minimum absolute atomic E-state index is 0.111. The van der Waals surface area contributed by atoms with Gasteiger partial charge >= 0.3 is 0 Å². The topological polar surface area (TPSA) is 61.4 Å². The maximum Gasteiger partial charge on any atom is 0.251 e. The lowest BCUT2D eigenvalue weighted by molar-refractivity contribution is 0.0923. The van der Waals surface area contributed by atoms with E-state index in [9.17, 15) is 9.90 Å². The van der Waals surface area contributed by atoms with Gasteiger partial charge in [0.15, 0.2) is 0 Å². The van der Waals surface area contributed by atoms with Crippen LogP contribution in [0, 0.1) is 12.3 Å². The number of hydrogen-bond donors (Lipinski definition) is 3. The minimum atomic E-state index is -0.111. The van der Waals surface area contributed by atoms with Gasteiger partial charge in [0.05, 0.1) is 0 Å². The number of carbonyl (C=O) groups excluding carboxylic acids is 1. The molecular formula is C15H22N2O2. The normalized spacial score (nSPS) is 23.1. The zero-order valence-corrected chi connectivity index (χ0v) is 11.6. The fourth-order valence-electron chi connectivity index (χ4n) is 2.53. The molecule has 0 spiro atoms. The van der Waals surface area contributed by atoms with Gasteiger partial charge in [0.2, 0.25) is 0 Å². The molecule has 1 saturated heterocycles. The number of phenols is 1. The molecule has 0 aliphatic carbocycles. The van der Waals surface area contributed by atoms with Crippen molar-refractivity contribution in [3.05, 3.63) is 29.3 Å². The van der Waals surface area contributed by atoms with Crippen molar-refractivity contribution in [2.24, 2.45) is 5.41 Å². The van der Waals surface area contributed by atoms with Crippen molar-refractivity contribution in [1.29, 1.82) is 0 Å². The second-order valence-corrected chi connectivity index (χ2v) is 5.72. The molecule has 1 aliphatic heterocycles. The molecular weight excluding hydrogens is 240 g/mol. The monoisotopic (exact) mass is 262 g/mol. The second-order valence-electron chi connectivity index (χ2n) is 5.72. The molecule has 1 atom stereocenters. The van der Waals surface area contributed by atoms with Gasteiger partial charge in [-0.05, 0) is 43.9 Å². The molecule has 2 rings (SSSR count). The Morgan fingerprint density at radius 3 is 3.00 bits per heavy atom. The van der Waals surface area contributed by atoms with E-state index < -0.39 is 0 Å². The van der Waals surface area contributed by atoms with Crippen molar-refractivity contribution in [2.45, 2.75) is 26.7 Å². The highest BCUT2D eigenvalue weighted by Crippen LogP contribution is 2.25. The number of phenolic OH excluding ortho intramolecular Hbond substituents is 1. The van der Waals surface area contributed by atoms with Gasteiger partial charge in [-0.15, -0.1) is 0 Å². The summed E-state index contributed by atoms with van der Waals surface area (Å²) in [5.74, 6) is 0.0541. The van der Waals surface area contributed by atoms with E-state index in [1.807, 2.05) is 0 Å². The van der Waals surface area contributed by atoms with Crippen LogP contribution in [0.25, 0.3) is 0 Å². The summed E-state index contributed by atoms with van der Waals surface area (Å²) in [7, 11) is 0. The van der Waals surface area contributed by atoms with Crippen LogP contribution in [-0.4, -0.2) is 30.6 Å². The van der Waals surface area contributed by atoms with Crippen molar-refractivity contribution >= 4 is 5.91 Å². The lowest BCUT2D eigenvalue weighted by Crippen LogP contribution is -2.45. The molecule has 1 heterocycles. The molecule has 1 unspecified atom stereocenters. The van der Waals surface area contributed by atoms with Crippen molar-refractivity contribution in [3.8, 4) is 5.75 Å². The highest BCUT2D eigenvalue weighted by atomic mass is 16.3. The van der Waals surface area contributed by atoms with Crippen LogP contribution in [-0.2, 0) is 0 Å². The Labute approximate surface area is 114 Å². The van der Waals surface area contributed by atoms with Gasteiger partial charge in [-0.3, -0.25) is 4.79 Å². The third kappa shape index (κ3) is 3.26. The first kappa shape index (κ1) is 13.9. The Morgan fingerprint density at radius 1 is 1.53 bits per heavy atom. The zero-order valence-electron chi connectivity index (χ0n) is 11.6. The van der Waals surface area contributed by atoms with Crippen molar-refractivity contribution in [2.75, 3.05) is 19.6 Å². The predicted molar refractivity (Wildman–Crippen MR) is 75.4 cm³/mol. The first-order valence-electron chi connectivity index (χ1n) is 6.79. The Kier molecular flexibility index (Phi) is 4.10. The van der Waals surface area contributed by atoms with Crippen LogP contribution in [0.4, 0.5) is 0 Å². The molecule has 1 aromatic rings. The van der Waals surface area contributed by atoms with Gasteiger partial charge in [0.25, 0.3) is 5.91 Å². The van der Waals surface area contributed by atoms with Gasteiger partial charge < -0.3 is 15.7 Å². The van der Waals surface area contributed by atoms with Gasteiger partial charge in [-0.2, -0.15) is 0 Å². The van der Waals surface area contributed by atoms with E-state index in [4.69, 9.17) is 0 Å². The lowest BCUT2D eigenvalue weighted by Gasteiger charge is -2.34. The minimum Gasteiger partial charge on any atom is -0.508 e. The average molecular weight is 262 g/mol. The molecule has 0 bridgehead atoms. The molecule has 0 aromatic heterocycles. The van der Waals surface area contributed by atoms with Crippen LogP contribution in [0.5, 0.6) is 5.75 Å². The van der Waals surface area contributed by atoms with Gasteiger partial charge in [0, 0.05) is 24.2 Å². The maximum atomic E-state index is 12.2. The molecule has 4 heteroatoms. The summed E-state index contributed by atoms with van der Waals surface area (Å²) in [5, 5.41) is 16.0. The van der Waals surface area contributed by atoms with Gasteiger partial charge in [-0.25, -0.2) is 0 Å². The summed E-state index contributed by atoms with van der Waals surface area (Å²) in [5.41, 5.74) is 1.30. The number of benzene rings is 1. The number of carbonyl (C=O) groups is 1. The summed E-state index contributed by atoms with van der Waals surface area (Å²) in [6, 6.07) is 5.03. The number of nitrogens with one attached hydrogen (secondary N) is 2.